The summed E-state index contributed by atoms with van der Waals surface area (Å²) in [7, 11) is 2.23. The molecule has 2 rings (SSSR count). The molecule has 1 aliphatic rings. The van der Waals surface area contributed by atoms with Crippen molar-refractivity contribution in [1.29, 1.82) is 0 Å². The van der Waals surface area contributed by atoms with Gasteiger partial charge >= 0.3 is 0 Å². The first kappa shape index (κ1) is 15.5. The van der Waals surface area contributed by atoms with Crippen LogP contribution >= 0.6 is 12.2 Å². The molecule has 0 heterocycles. The van der Waals surface area contributed by atoms with E-state index in [0.29, 0.717) is 17.1 Å². The van der Waals surface area contributed by atoms with Crippen molar-refractivity contribution in [3.05, 3.63) is 35.9 Å². The molecule has 0 bridgehead atoms. The van der Waals surface area contributed by atoms with Gasteiger partial charge in [-0.15, -0.1) is 0 Å². The lowest BCUT2D eigenvalue weighted by Gasteiger charge is -2.38. The summed E-state index contributed by atoms with van der Waals surface area (Å²) in [5.74, 6) is 0.880. The molecule has 1 aromatic carbocycles. The zero-order chi connectivity index (χ0) is 14.5. The lowest BCUT2D eigenvalue weighted by molar-refractivity contribution is 0.126. The van der Waals surface area contributed by atoms with Crippen molar-refractivity contribution in [3.8, 4) is 0 Å². The van der Waals surface area contributed by atoms with E-state index in [1.165, 1.54) is 31.2 Å². The SMILES string of the molecule is CC1CCC(N(C)C(CC(N)=S)c2ccccc2)CC1. The van der Waals surface area contributed by atoms with Crippen molar-refractivity contribution in [1.82, 2.24) is 4.90 Å². The summed E-state index contributed by atoms with van der Waals surface area (Å²) in [4.78, 5) is 3.11. The smallest absolute Gasteiger partial charge is 0.0746 e. The van der Waals surface area contributed by atoms with E-state index < -0.39 is 0 Å². The summed E-state index contributed by atoms with van der Waals surface area (Å²) in [6.07, 6.45) is 6.02. The zero-order valence-electron chi connectivity index (χ0n) is 12.6. The third kappa shape index (κ3) is 4.03. The van der Waals surface area contributed by atoms with Gasteiger partial charge in [-0.1, -0.05) is 49.5 Å². The average Bonchev–Trinajstić information content (AvgIpc) is 2.45. The van der Waals surface area contributed by atoms with Crippen LogP contribution in [-0.4, -0.2) is 23.0 Å². The van der Waals surface area contributed by atoms with E-state index in [9.17, 15) is 0 Å². The predicted molar refractivity (Wildman–Crippen MR) is 89.8 cm³/mol. The second-order valence-corrected chi connectivity index (χ2v) is 6.70. The van der Waals surface area contributed by atoms with Crippen LogP contribution in [0, 0.1) is 5.92 Å². The van der Waals surface area contributed by atoms with E-state index in [2.05, 4.69) is 49.2 Å². The fraction of sp³-hybridized carbons (Fsp3) is 0.588. The van der Waals surface area contributed by atoms with Crippen molar-refractivity contribution in [2.24, 2.45) is 11.7 Å². The molecular weight excluding hydrogens is 264 g/mol. The predicted octanol–water partition coefficient (Wildman–Crippen LogP) is 3.91. The average molecular weight is 290 g/mol. The maximum absolute atomic E-state index is 5.82. The first-order valence-electron chi connectivity index (χ1n) is 7.63. The molecule has 2 N–H and O–H groups in total. The lowest BCUT2D eigenvalue weighted by Crippen LogP contribution is -2.39. The van der Waals surface area contributed by atoms with Crippen molar-refractivity contribution < 1.29 is 0 Å². The largest absolute Gasteiger partial charge is 0.393 e. The second kappa shape index (κ2) is 7.19. The zero-order valence-corrected chi connectivity index (χ0v) is 13.4. The maximum Gasteiger partial charge on any atom is 0.0746 e. The Hall–Kier alpha value is -0.930. The molecule has 0 amide bonds. The quantitative estimate of drug-likeness (QED) is 0.834. The first-order chi connectivity index (χ1) is 9.58. The van der Waals surface area contributed by atoms with Gasteiger partial charge < -0.3 is 5.73 Å². The van der Waals surface area contributed by atoms with Gasteiger partial charge in [0.15, 0.2) is 0 Å². The van der Waals surface area contributed by atoms with Gasteiger partial charge in [-0.05, 0) is 44.2 Å². The Morgan fingerprint density at radius 3 is 2.40 bits per heavy atom. The molecule has 1 saturated carbocycles. The van der Waals surface area contributed by atoms with Gasteiger partial charge in [0.05, 0.1) is 4.99 Å². The highest BCUT2D eigenvalue weighted by Crippen LogP contribution is 2.32. The Morgan fingerprint density at radius 2 is 1.85 bits per heavy atom. The van der Waals surface area contributed by atoms with Crippen LogP contribution in [0.4, 0.5) is 0 Å². The van der Waals surface area contributed by atoms with Crippen LogP contribution in [0.15, 0.2) is 30.3 Å². The minimum Gasteiger partial charge on any atom is -0.393 e. The molecule has 0 radical (unpaired) electrons. The van der Waals surface area contributed by atoms with Crippen LogP contribution in [0.3, 0.4) is 0 Å². The minimum atomic E-state index is 0.312. The van der Waals surface area contributed by atoms with E-state index in [1.54, 1.807) is 0 Å². The number of nitrogens with zero attached hydrogens (tertiary/aromatic N) is 1. The Balaban J connectivity index is 2.12. The summed E-state index contributed by atoms with van der Waals surface area (Å²) >= 11 is 5.16. The van der Waals surface area contributed by atoms with Crippen molar-refractivity contribution in [3.63, 3.8) is 0 Å². The standard InChI is InChI=1S/C17H26N2S/c1-13-8-10-15(11-9-13)19(2)16(12-17(18)20)14-6-4-3-5-7-14/h3-7,13,15-16H,8-12H2,1-2H3,(H2,18,20). The van der Waals surface area contributed by atoms with Crippen LogP contribution in [0.5, 0.6) is 0 Å². The summed E-state index contributed by atoms with van der Waals surface area (Å²) in [5, 5.41) is 0. The third-order valence-electron chi connectivity index (χ3n) is 4.63. The number of hydrogen-bond donors (Lipinski definition) is 1. The fourth-order valence-electron chi connectivity index (χ4n) is 3.27. The van der Waals surface area contributed by atoms with Crippen molar-refractivity contribution >= 4 is 17.2 Å². The number of hydrogen-bond acceptors (Lipinski definition) is 2. The van der Waals surface area contributed by atoms with E-state index in [-0.39, 0.29) is 0 Å². The number of rotatable bonds is 5. The molecule has 1 aromatic rings. The molecule has 1 aliphatic carbocycles. The van der Waals surface area contributed by atoms with E-state index in [1.807, 2.05) is 0 Å². The number of benzene rings is 1. The topological polar surface area (TPSA) is 29.3 Å². The first-order valence-corrected chi connectivity index (χ1v) is 8.04. The third-order valence-corrected chi connectivity index (χ3v) is 4.80. The molecule has 1 atom stereocenters. The molecule has 110 valence electrons. The van der Waals surface area contributed by atoms with E-state index in [4.69, 9.17) is 18.0 Å². The maximum atomic E-state index is 5.82. The molecule has 1 unspecified atom stereocenters. The summed E-state index contributed by atoms with van der Waals surface area (Å²) < 4.78 is 0. The Bertz CT molecular complexity index is 424. The molecule has 2 nitrogen and oxygen atoms in total. The van der Waals surface area contributed by atoms with Crippen molar-refractivity contribution in [2.45, 2.75) is 51.1 Å². The van der Waals surface area contributed by atoms with E-state index in [0.717, 1.165) is 12.3 Å². The van der Waals surface area contributed by atoms with Gasteiger partial charge in [0, 0.05) is 18.5 Å². The molecule has 1 fully saturated rings. The summed E-state index contributed by atoms with van der Waals surface area (Å²) in [6.45, 7) is 2.36. The highest BCUT2D eigenvalue weighted by molar-refractivity contribution is 7.80. The van der Waals surface area contributed by atoms with Crippen LogP contribution < -0.4 is 5.73 Å². The summed E-state index contributed by atoms with van der Waals surface area (Å²) in [6, 6.07) is 11.6. The molecule has 20 heavy (non-hydrogen) atoms. The van der Waals surface area contributed by atoms with Crippen molar-refractivity contribution in [2.75, 3.05) is 7.05 Å². The van der Waals surface area contributed by atoms with Gasteiger partial charge in [-0.25, -0.2) is 0 Å². The Morgan fingerprint density at radius 1 is 1.25 bits per heavy atom. The van der Waals surface area contributed by atoms with Crippen LogP contribution in [0.2, 0.25) is 0 Å². The monoisotopic (exact) mass is 290 g/mol. The molecule has 3 heteroatoms. The molecule has 0 spiro atoms. The molecular formula is C17H26N2S. The Labute approximate surface area is 128 Å². The van der Waals surface area contributed by atoms with E-state index >= 15 is 0 Å². The molecule has 0 saturated heterocycles. The summed E-state index contributed by atoms with van der Waals surface area (Å²) in [5.41, 5.74) is 7.15. The van der Waals surface area contributed by atoms with Crippen LogP contribution in [0.1, 0.15) is 50.6 Å². The van der Waals surface area contributed by atoms with Crippen LogP contribution in [0.25, 0.3) is 0 Å². The second-order valence-electron chi connectivity index (χ2n) is 6.18. The highest BCUT2D eigenvalue weighted by atomic mass is 32.1. The van der Waals surface area contributed by atoms with Gasteiger partial charge in [0.25, 0.3) is 0 Å². The lowest BCUT2D eigenvalue weighted by atomic mass is 9.85. The Kier molecular flexibility index (Phi) is 5.55. The number of thiocarbonyl (C=S) groups is 1. The minimum absolute atomic E-state index is 0.312. The number of nitrogens with two attached hydrogens (primary N) is 1. The van der Waals surface area contributed by atoms with Gasteiger partial charge in [0.2, 0.25) is 0 Å². The van der Waals surface area contributed by atoms with Gasteiger partial charge in [-0.3, -0.25) is 4.90 Å². The molecule has 0 aliphatic heterocycles. The molecule has 0 aromatic heterocycles. The normalized spacial score (nSPS) is 24.6. The fourth-order valence-corrected chi connectivity index (χ4v) is 3.42. The van der Waals surface area contributed by atoms with Gasteiger partial charge in [-0.2, -0.15) is 0 Å². The highest BCUT2D eigenvalue weighted by Gasteiger charge is 2.27. The van der Waals surface area contributed by atoms with Gasteiger partial charge in [0.1, 0.15) is 0 Å². The van der Waals surface area contributed by atoms with Crippen LogP contribution in [-0.2, 0) is 0 Å².